The standard InChI is InChI=1S/C13H25NO4/c1-4-5-6-9-18-10-11(15)14-8-7-13(2,3)12(16)17/h4-10H2,1-3H3,(H,14,15)(H,16,17). The van der Waals surface area contributed by atoms with Crippen molar-refractivity contribution in [2.75, 3.05) is 19.8 Å². The molecule has 18 heavy (non-hydrogen) atoms. The quantitative estimate of drug-likeness (QED) is 0.587. The van der Waals surface area contributed by atoms with Gasteiger partial charge >= 0.3 is 5.97 Å². The van der Waals surface area contributed by atoms with Gasteiger partial charge in [-0.3, -0.25) is 9.59 Å². The van der Waals surface area contributed by atoms with Crippen LogP contribution in [-0.4, -0.2) is 36.7 Å². The van der Waals surface area contributed by atoms with Crippen molar-refractivity contribution in [3.63, 3.8) is 0 Å². The molecule has 0 radical (unpaired) electrons. The van der Waals surface area contributed by atoms with E-state index >= 15 is 0 Å². The molecule has 0 spiro atoms. The van der Waals surface area contributed by atoms with Crippen molar-refractivity contribution in [2.24, 2.45) is 5.41 Å². The van der Waals surface area contributed by atoms with Crippen LogP contribution in [0.15, 0.2) is 0 Å². The molecule has 0 saturated carbocycles. The number of nitrogens with one attached hydrogen (secondary N) is 1. The van der Waals surface area contributed by atoms with Gasteiger partial charge < -0.3 is 15.2 Å². The smallest absolute Gasteiger partial charge is 0.309 e. The van der Waals surface area contributed by atoms with Crippen LogP contribution in [0, 0.1) is 5.41 Å². The Hall–Kier alpha value is -1.10. The Kier molecular flexibility index (Phi) is 8.37. The fourth-order valence-electron chi connectivity index (χ4n) is 1.29. The van der Waals surface area contributed by atoms with E-state index in [1.54, 1.807) is 13.8 Å². The van der Waals surface area contributed by atoms with Gasteiger partial charge in [0.25, 0.3) is 0 Å². The first kappa shape index (κ1) is 16.9. The lowest BCUT2D eigenvalue weighted by molar-refractivity contribution is -0.147. The summed E-state index contributed by atoms with van der Waals surface area (Å²) in [6.45, 7) is 6.40. The number of amides is 1. The lowest BCUT2D eigenvalue weighted by Gasteiger charge is -2.18. The SMILES string of the molecule is CCCCCOCC(=O)NCCC(C)(C)C(=O)O. The minimum absolute atomic E-state index is 0.0528. The van der Waals surface area contributed by atoms with E-state index in [1.165, 1.54) is 0 Å². The fraction of sp³-hybridized carbons (Fsp3) is 0.846. The molecule has 0 aromatic carbocycles. The van der Waals surface area contributed by atoms with Crippen molar-refractivity contribution < 1.29 is 19.4 Å². The Balaban J connectivity index is 3.57. The topological polar surface area (TPSA) is 75.6 Å². The van der Waals surface area contributed by atoms with E-state index < -0.39 is 11.4 Å². The van der Waals surface area contributed by atoms with Gasteiger partial charge in [0.05, 0.1) is 5.41 Å². The average molecular weight is 259 g/mol. The molecule has 0 aliphatic heterocycles. The van der Waals surface area contributed by atoms with Crippen LogP contribution >= 0.6 is 0 Å². The van der Waals surface area contributed by atoms with Gasteiger partial charge in [0.1, 0.15) is 6.61 Å². The fourth-order valence-corrected chi connectivity index (χ4v) is 1.29. The van der Waals surface area contributed by atoms with E-state index in [1.807, 2.05) is 0 Å². The number of hydrogen-bond acceptors (Lipinski definition) is 3. The largest absolute Gasteiger partial charge is 0.481 e. The molecule has 0 saturated heterocycles. The van der Waals surface area contributed by atoms with E-state index in [9.17, 15) is 9.59 Å². The molecule has 2 N–H and O–H groups in total. The Morgan fingerprint density at radius 1 is 1.28 bits per heavy atom. The Bertz CT molecular complexity index is 264. The van der Waals surface area contributed by atoms with Gasteiger partial charge in [0.2, 0.25) is 5.91 Å². The molecule has 0 bridgehead atoms. The number of rotatable bonds is 10. The monoisotopic (exact) mass is 259 g/mol. The van der Waals surface area contributed by atoms with E-state index in [0.717, 1.165) is 19.3 Å². The molecule has 1 amide bonds. The predicted molar refractivity (Wildman–Crippen MR) is 69.4 cm³/mol. The predicted octanol–water partition coefficient (Wildman–Crippen LogP) is 1.81. The average Bonchev–Trinajstić information content (AvgIpc) is 2.28. The molecule has 5 nitrogen and oxygen atoms in total. The maximum absolute atomic E-state index is 11.3. The van der Waals surface area contributed by atoms with Gasteiger partial charge in [0.15, 0.2) is 0 Å². The van der Waals surface area contributed by atoms with Crippen LogP contribution in [0.1, 0.15) is 46.5 Å². The number of hydrogen-bond donors (Lipinski definition) is 2. The number of carbonyl (C=O) groups is 2. The molecule has 0 aliphatic rings. The van der Waals surface area contributed by atoms with Crippen LogP contribution in [0.2, 0.25) is 0 Å². The summed E-state index contributed by atoms with van der Waals surface area (Å²) >= 11 is 0. The number of ether oxygens (including phenoxy) is 1. The molecule has 0 unspecified atom stereocenters. The minimum Gasteiger partial charge on any atom is -0.481 e. The second-order valence-electron chi connectivity index (χ2n) is 5.05. The zero-order valence-corrected chi connectivity index (χ0v) is 11.6. The first-order valence-corrected chi connectivity index (χ1v) is 6.48. The molecule has 0 aliphatic carbocycles. The zero-order chi connectivity index (χ0) is 14.0. The molecule has 0 aromatic rings. The molecular formula is C13H25NO4. The first-order chi connectivity index (χ1) is 8.40. The first-order valence-electron chi connectivity index (χ1n) is 6.48. The maximum atomic E-state index is 11.3. The van der Waals surface area contributed by atoms with Crippen LogP contribution in [0.25, 0.3) is 0 Å². The second-order valence-corrected chi connectivity index (χ2v) is 5.05. The highest BCUT2D eigenvalue weighted by atomic mass is 16.5. The van der Waals surface area contributed by atoms with Crippen molar-refractivity contribution in [3.8, 4) is 0 Å². The minimum atomic E-state index is -0.854. The summed E-state index contributed by atoms with van der Waals surface area (Å²) in [6, 6.07) is 0. The molecule has 0 aromatic heterocycles. The van der Waals surface area contributed by atoms with Crippen LogP contribution in [0.5, 0.6) is 0 Å². The van der Waals surface area contributed by atoms with E-state index in [2.05, 4.69) is 12.2 Å². The van der Waals surface area contributed by atoms with Gasteiger partial charge in [-0.2, -0.15) is 0 Å². The molecule has 0 fully saturated rings. The van der Waals surface area contributed by atoms with Gasteiger partial charge in [-0.25, -0.2) is 0 Å². The molecule has 0 atom stereocenters. The van der Waals surface area contributed by atoms with Gasteiger partial charge in [-0.15, -0.1) is 0 Å². The number of aliphatic carboxylic acids is 1. The Morgan fingerprint density at radius 2 is 1.94 bits per heavy atom. The lowest BCUT2D eigenvalue weighted by atomic mass is 9.90. The maximum Gasteiger partial charge on any atom is 0.309 e. The summed E-state index contributed by atoms with van der Waals surface area (Å²) < 4.78 is 5.20. The van der Waals surface area contributed by atoms with E-state index in [-0.39, 0.29) is 12.5 Å². The van der Waals surface area contributed by atoms with Gasteiger partial charge in [-0.1, -0.05) is 19.8 Å². The van der Waals surface area contributed by atoms with Crippen molar-refractivity contribution in [3.05, 3.63) is 0 Å². The van der Waals surface area contributed by atoms with Crippen LogP contribution in [0.3, 0.4) is 0 Å². The lowest BCUT2D eigenvalue weighted by Crippen LogP contribution is -2.33. The van der Waals surface area contributed by atoms with Gasteiger partial charge in [0, 0.05) is 13.2 Å². The van der Waals surface area contributed by atoms with Crippen molar-refractivity contribution >= 4 is 11.9 Å². The number of carboxylic acids is 1. The third-order valence-corrected chi connectivity index (χ3v) is 2.78. The third kappa shape index (κ3) is 8.06. The highest BCUT2D eigenvalue weighted by Crippen LogP contribution is 2.19. The summed E-state index contributed by atoms with van der Waals surface area (Å²) in [5.74, 6) is -1.04. The third-order valence-electron chi connectivity index (χ3n) is 2.78. The molecular weight excluding hydrogens is 234 g/mol. The van der Waals surface area contributed by atoms with E-state index in [0.29, 0.717) is 19.6 Å². The number of carboxylic acid groups (broad SMARTS) is 1. The molecule has 0 rings (SSSR count). The van der Waals surface area contributed by atoms with Crippen LogP contribution in [-0.2, 0) is 14.3 Å². The van der Waals surface area contributed by atoms with Crippen LogP contribution < -0.4 is 5.32 Å². The van der Waals surface area contributed by atoms with Crippen LogP contribution in [0.4, 0.5) is 0 Å². The summed E-state index contributed by atoms with van der Waals surface area (Å²) in [7, 11) is 0. The van der Waals surface area contributed by atoms with Crippen molar-refractivity contribution in [1.82, 2.24) is 5.32 Å². The van der Waals surface area contributed by atoms with Gasteiger partial charge in [-0.05, 0) is 26.7 Å². The highest BCUT2D eigenvalue weighted by Gasteiger charge is 2.26. The number of carbonyl (C=O) groups excluding carboxylic acids is 1. The summed E-state index contributed by atoms with van der Waals surface area (Å²) in [5.41, 5.74) is -0.810. The second kappa shape index (κ2) is 8.91. The van der Waals surface area contributed by atoms with Crippen molar-refractivity contribution in [2.45, 2.75) is 46.5 Å². The molecule has 5 heteroatoms. The summed E-state index contributed by atoms with van der Waals surface area (Å²) in [4.78, 5) is 22.2. The normalized spacial score (nSPS) is 11.3. The van der Waals surface area contributed by atoms with E-state index in [4.69, 9.17) is 9.84 Å². The molecule has 106 valence electrons. The van der Waals surface area contributed by atoms with Crippen molar-refractivity contribution in [1.29, 1.82) is 0 Å². The Morgan fingerprint density at radius 3 is 2.50 bits per heavy atom. The zero-order valence-electron chi connectivity index (χ0n) is 11.6. The Labute approximate surface area is 109 Å². The number of unbranched alkanes of at least 4 members (excludes halogenated alkanes) is 2. The highest BCUT2D eigenvalue weighted by molar-refractivity contribution is 5.77. The molecule has 0 heterocycles. The summed E-state index contributed by atoms with van der Waals surface area (Å²) in [6.07, 6.45) is 3.61. The summed E-state index contributed by atoms with van der Waals surface area (Å²) in [5, 5.41) is 11.6.